The number of benzene rings is 3. The molecule has 0 aliphatic rings. The van der Waals surface area contributed by atoms with Gasteiger partial charge in [0.1, 0.15) is 18.1 Å². The van der Waals surface area contributed by atoms with E-state index in [-0.39, 0.29) is 12.5 Å². The molecule has 4 nitrogen and oxygen atoms in total. The van der Waals surface area contributed by atoms with Gasteiger partial charge in [-0.3, -0.25) is 4.79 Å². The smallest absolute Gasteiger partial charge is 0.258 e. The highest BCUT2D eigenvalue weighted by Gasteiger charge is 2.06. The van der Waals surface area contributed by atoms with Gasteiger partial charge < -0.3 is 14.8 Å². The van der Waals surface area contributed by atoms with E-state index in [9.17, 15) is 4.79 Å². The predicted molar refractivity (Wildman–Crippen MR) is 110 cm³/mol. The number of rotatable bonds is 7. The lowest BCUT2D eigenvalue weighted by Gasteiger charge is -2.11. The second-order valence-corrected chi connectivity index (χ2v) is 7.31. The topological polar surface area (TPSA) is 47.6 Å². The molecule has 3 aromatic carbocycles. The number of carbonyl (C=O) groups is 1. The molecule has 0 fully saturated rings. The average Bonchev–Trinajstić information content (AvgIpc) is 2.64. The lowest BCUT2D eigenvalue weighted by molar-refractivity contribution is -0.123. The first-order valence-electron chi connectivity index (χ1n) is 8.08. The highest BCUT2D eigenvalue weighted by atomic mass is 79.9. The van der Waals surface area contributed by atoms with E-state index in [1.807, 2.05) is 54.6 Å². The van der Waals surface area contributed by atoms with E-state index in [1.165, 1.54) is 0 Å². The van der Waals surface area contributed by atoms with Crippen LogP contribution >= 0.6 is 31.9 Å². The van der Waals surface area contributed by atoms with Gasteiger partial charge in [0.05, 0.1) is 11.0 Å². The molecule has 0 atom stereocenters. The molecule has 0 unspecified atom stereocenters. The van der Waals surface area contributed by atoms with Crippen molar-refractivity contribution in [1.82, 2.24) is 5.32 Å². The summed E-state index contributed by atoms with van der Waals surface area (Å²) in [6.45, 7) is 0.753. The van der Waals surface area contributed by atoms with Crippen molar-refractivity contribution in [2.24, 2.45) is 0 Å². The van der Waals surface area contributed by atoms with Crippen molar-refractivity contribution in [3.8, 4) is 11.5 Å². The van der Waals surface area contributed by atoms with E-state index >= 15 is 0 Å². The lowest BCUT2D eigenvalue weighted by atomic mass is 10.1. The van der Waals surface area contributed by atoms with Crippen LogP contribution in [-0.2, 0) is 4.79 Å². The Balaban J connectivity index is 1.44. The van der Waals surface area contributed by atoms with E-state index in [1.54, 1.807) is 6.07 Å². The Morgan fingerprint density at radius 1 is 0.923 bits per heavy atom. The monoisotopic (exact) mass is 477 g/mol. The number of nitrogens with one attached hydrogen (secondary N) is 1. The number of hydrogen-bond acceptors (Lipinski definition) is 3. The summed E-state index contributed by atoms with van der Waals surface area (Å²) in [5.74, 6) is 1.24. The number of hydrogen-bond donors (Lipinski definition) is 1. The van der Waals surface area contributed by atoms with Gasteiger partial charge in [-0.2, -0.15) is 0 Å². The summed E-state index contributed by atoms with van der Waals surface area (Å²) < 4.78 is 13.0. The maximum absolute atomic E-state index is 11.9. The van der Waals surface area contributed by atoms with Gasteiger partial charge in [0.2, 0.25) is 0 Å². The molecule has 1 amide bonds. The predicted octanol–water partition coefficient (Wildman–Crippen LogP) is 4.94. The number of halogens is 2. The molecule has 26 heavy (non-hydrogen) atoms. The molecule has 0 saturated carbocycles. The van der Waals surface area contributed by atoms with Crippen molar-refractivity contribution in [1.29, 1.82) is 0 Å². The number of ether oxygens (including phenoxy) is 2. The zero-order valence-electron chi connectivity index (χ0n) is 13.9. The molecule has 0 bridgehead atoms. The van der Waals surface area contributed by atoms with Gasteiger partial charge in [-0.05, 0) is 45.6 Å². The Morgan fingerprint density at radius 2 is 1.73 bits per heavy atom. The standard InChI is InChI=1S/C20H17Br2NO3/c21-15-8-9-19(17(22)12-15)26-13-20(24)23-10-11-25-18-7-3-5-14-4-1-2-6-16(14)18/h1-9,12H,10-11,13H2,(H,23,24). The second kappa shape index (κ2) is 9.05. The molecule has 134 valence electrons. The van der Waals surface area contributed by atoms with Gasteiger partial charge in [-0.15, -0.1) is 0 Å². The van der Waals surface area contributed by atoms with E-state index in [0.29, 0.717) is 18.9 Å². The quantitative estimate of drug-likeness (QED) is 0.489. The zero-order valence-corrected chi connectivity index (χ0v) is 17.0. The Labute approximate surface area is 168 Å². The van der Waals surface area contributed by atoms with Crippen LogP contribution in [0.5, 0.6) is 11.5 Å². The molecular formula is C20H17Br2NO3. The van der Waals surface area contributed by atoms with Crippen molar-refractivity contribution in [3.63, 3.8) is 0 Å². The van der Waals surface area contributed by atoms with Crippen LogP contribution in [0.15, 0.2) is 69.6 Å². The summed E-state index contributed by atoms with van der Waals surface area (Å²) >= 11 is 6.77. The molecular weight excluding hydrogens is 462 g/mol. The number of amides is 1. The van der Waals surface area contributed by atoms with Gasteiger partial charge in [-0.1, -0.05) is 52.3 Å². The van der Waals surface area contributed by atoms with Crippen molar-refractivity contribution in [2.45, 2.75) is 0 Å². The van der Waals surface area contributed by atoms with Crippen LogP contribution in [0.25, 0.3) is 10.8 Å². The van der Waals surface area contributed by atoms with Gasteiger partial charge in [0.15, 0.2) is 6.61 Å². The molecule has 3 rings (SSSR count). The molecule has 0 aliphatic carbocycles. The van der Waals surface area contributed by atoms with Crippen LogP contribution in [0.2, 0.25) is 0 Å². The van der Waals surface area contributed by atoms with Crippen LogP contribution in [-0.4, -0.2) is 25.7 Å². The minimum absolute atomic E-state index is 0.0471. The van der Waals surface area contributed by atoms with Crippen LogP contribution in [0.3, 0.4) is 0 Å². The highest BCUT2D eigenvalue weighted by Crippen LogP contribution is 2.28. The number of carbonyl (C=O) groups excluding carboxylic acids is 1. The first-order valence-corrected chi connectivity index (χ1v) is 9.67. The average molecular weight is 479 g/mol. The largest absolute Gasteiger partial charge is 0.491 e. The highest BCUT2D eigenvalue weighted by molar-refractivity contribution is 9.11. The Bertz CT molecular complexity index is 909. The van der Waals surface area contributed by atoms with E-state index in [0.717, 1.165) is 25.5 Å². The van der Waals surface area contributed by atoms with Crippen LogP contribution in [0.4, 0.5) is 0 Å². The third-order valence-electron chi connectivity index (χ3n) is 3.68. The van der Waals surface area contributed by atoms with E-state index in [2.05, 4.69) is 37.2 Å². The van der Waals surface area contributed by atoms with E-state index in [4.69, 9.17) is 9.47 Å². The first kappa shape index (κ1) is 18.7. The lowest BCUT2D eigenvalue weighted by Crippen LogP contribution is -2.32. The minimum Gasteiger partial charge on any atom is -0.491 e. The first-order chi connectivity index (χ1) is 12.6. The molecule has 0 saturated heterocycles. The minimum atomic E-state index is -0.193. The fourth-order valence-corrected chi connectivity index (χ4v) is 3.62. The van der Waals surface area contributed by atoms with Crippen LogP contribution in [0, 0.1) is 0 Å². The fourth-order valence-electron chi connectivity index (χ4n) is 2.46. The summed E-state index contributed by atoms with van der Waals surface area (Å²) in [5.41, 5.74) is 0. The van der Waals surface area contributed by atoms with Crippen molar-refractivity contribution >= 4 is 48.5 Å². The zero-order chi connectivity index (χ0) is 18.4. The molecule has 0 radical (unpaired) electrons. The summed E-state index contributed by atoms with van der Waals surface area (Å²) in [5, 5.41) is 4.98. The van der Waals surface area contributed by atoms with Gasteiger partial charge in [0.25, 0.3) is 5.91 Å². The third kappa shape index (κ3) is 4.99. The van der Waals surface area contributed by atoms with Crippen molar-refractivity contribution < 1.29 is 14.3 Å². The van der Waals surface area contributed by atoms with Gasteiger partial charge in [0, 0.05) is 9.86 Å². The maximum atomic E-state index is 11.9. The molecule has 0 spiro atoms. The maximum Gasteiger partial charge on any atom is 0.258 e. The van der Waals surface area contributed by atoms with Crippen LogP contribution in [0.1, 0.15) is 0 Å². The summed E-state index contributed by atoms with van der Waals surface area (Å²) in [6, 6.07) is 19.5. The molecule has 1 N–H and O–H groups in total. The Hall–Kier alpha value is -2.05. The molecule has 0 aliphatic heterocycles. The van der Waals surface area contributed by atoms with E-state index < -0.39 is 0 Å². The molecule has 6 heteroatoms. The van der Waals surface area contributed by atoms with Gasteiger partial charge in [-0.25, -0.2) is 0 Å². The third-order valence-corrected chi connectivity index (χ3v) is 4.80. The van der Waals surface area contributed by atoms with Crippen molar-refractivity contribution in [3.05, 3.63) is 69.6 Å². The molecule has 3 aromatic rings. The van der Waals surface area contributed by atoms with Crippen molar-refractivity contribution in [2.75, 3.05) is 19.8 Å². The normalized spacial score (nSPS) is 10.5. The Morgan fingerprint density at radius 3 is 2.58 bits per heavy atom. The fraction of sp³-hybridized carbons (Fsp3) is 0.150. The SMILES string of the molecule is O=C(COc1ccc(Br)cc1Br)NCCOc1cccc2ccccc12. The summed E-state index contributed by atoms with van der Waals surface area (Å²) in [6.07, 6.45) is 0. The second-order valence-electron chi connectivity index (χ2n) is 5.54. The summed E-state index contributed by atoms with van der Waals surface area (Å²) in [4.78, 5) is 11.9. The van der Waals surface area contributed by atoms with Gasteiger partial charge >= 0.3 is 0 Å². The molecule has 0 aromatic heterocycles. The molecule has 0 heterocycles. The van der Waals surface area contributed by atoms with Crippen LogP contribution < -0.4 is 14.8 Å². The number of fused-ring (bicyclic) bond motifs is 1. The Kier molecular flexibility index (Phi) is 6.52. The summed E-state index contributed by atoms with van der Waals surface area (Å²) in [7, 11) is 0.